The second kappa shape index (κ2) is 4.14. The molecule has 1 rings (SSSR count). The van der Waals surface area contributed by atoms with Crippen LogP contribution in [0.5, 0.6) is 0 Å². The number of rotatable bonds is 2. The molecule has 14 heavy (non-hydrogen) atoms. The van der Waals surface area contributed by atoms with Gasteiger partial charge in [-0.25, -0.2) is 8.78 Å². The molecule has 0 saturated carbocycles. The van der Waals surface area contributed by atoms with Crippen LogP contribution in [-0.4, -0.2) is 28.3 Å². The number of hydrogen-bond donors (Lipinski definition) is 2. The summed E-state index contributed by atoms with van der Waals surface area (Å²) >= 11 is 11.1. The summed E-state index contributed by atoms with van der Waals surface area (Å²) < 4.78 is 26.4. The molecule has 80 valence electrons. The Kier molecular flexibility index (Phi) is 3.53. The average molecular weight is 245 g/mol. The molecule has 0 heterocycles. The van der Waals surface area contributed by atoms with Gasteiger partial charge in [0, 0.05) is 0 Å². The van der Waals surface area contributed by atoms with Crippen LogP contribution in [0.1, 0.15) is 0 Å². The lowest BCUT2D eigenvalue weighted by atomic mass is 9.94. The van der Waals surface area contributed by atoms with Crippen LogP contribution in [0, 0.1) is 5.92 Å². The largest absolute Gasteiger partial charge is 0.395 e. The number of aliphatic hydroxyl groups excluding tert-OH is 2. The number of halogens is 4. The smallest absolute Gasteiger partial charge is 0.129 e. The van der Waals surface area contributed by atoms with E-state index in [1.807, 2.05) is 0 Å². The second-order valence-corrected chi connectivity index (χ2v) is 4.00. The summed E-state index contributed by atoms with van der Waals surface area (Å²) in [5, 5.41) is 17.0. The summed E-state index contributed by atoms with van der Waals surface area (Å²) in [6, 6.07) is 0. The lowest BCUT2D eigenvalue weighted by Crippen LogP contribution is -2.31. The minimum atomic E-state index is -1.75. The standard InChI is InChI=1S/C8H8Cl2F2O2/c9-7-6(12)4(2-13)5(11)1-8(7,10)3-14/h1,4,13-14H,2-3H2. The van der Waals surface area contributed by atoms with E-state index in [1.54, 1.807) is 0 Å². The zero-order chi connectivity index (χ0) is 10.9. The molecule has 6 heteroatoms. The summed E-state index contributed by atoms with van der Waals surface area (Å²) in [5.41, 5.74) is 0. The molecule has 0 fully saturated rings. The Labute approximate surface area is 89.4 Å². The van der Waals surface area contributed by atoms with Gasteiger partial charge in [0.05, 0.1) is 24.2 Å². The van der Waals surface area contributed by atoms with Crippen LogP contribution < -0.4 is 0 Å². The van der Waals surface area contributed by atoms with Crippen molar-refractivity contribution in [2.24, 2.45) is 5.92 Å². The van der Waals surface area contributed by atoms with E-state index in [-0.39, 0.29) is 0 Å². The third-order valence-electron chi connectivity index (χ3n) is 1.99. The topological polar surface area (TPSA) is 40.5 Å². The van der Waals surface area contributed by atoms with E-state index in [0.29, 0.717) is 0 Å². The molecule has 0 aliphatic heterocycles. The van der Waals surface area contributed by atoms with Gasteiger partial charge in [-0.05, 0) is 6.08 Å². The first-order valence-corrected chi connectivity index (χ1v) is 4.56. The van der Waals surface area contributed by atoms with Crippen molar-refractivity contribution in [2.45, 2.75) is 4.87 Å². The average Bonchev–Trinajstić information content (AvgIpc) is 2.15. The predicted molar refractivity (Wildman–Crippen MR) is 49.4 cm³/mol. The fraction of sp³-hybridized carbons (Fsp3) is 0.500. The van der Waals surface area contributed by atoms with Crippen molar-refractivity contribution in [3.05, 3.63) is 22.8 Å². The van der Waals surface area contributed by atoms with E-state index in [0.717, 1.165) is 6.08 Å². The van der Waals surface area contributed by atoms with Crippen molar-refractivity contribution < 1.29 is 19.0 Å². The highest BCUT2D eigenvalue weighted by Crippen LogP contribution is 2.42. The highest BCUT2D eigenvalue weighted by molar-refractivity contribution is 6.40. The molecule has 2 unspecified atom stereocenters. The monoisotopic (exact) mass is 244 g/mol. The minimum Gasteiger partial charge on any atom is -0.395 e. The van der Waals surface area contributed by atoms with E-state index >= 15 is 0 Å². The molecule has 0 saturated heterocycles. The van der Waals surface area contributed by atoms with Crippen molar-refractivity contribution in [1.82, 2.24) is 0 Å². The highest BCUT2D eigenvalue weighted by atomic mass is 35.5. The first-order chi connectivity index (χ1) is 6.46. The number of alkyl halides is 1. The molecular formula is C8H8Cl2F2O2. The van der Waals surface area contributed by atoms with Gasteiger partial charge in [-0.3, -0.25) is 0 Å². The molecule has 1 aliphatic rings. The van der Waals surface area contributed by atoms with E-state index in [4.69, 9.17) is 33.4 Å². The molecule has 2 nitrogen and oxygen atoms in total. The molecule has 2 N–H and O–H groups in total. The molecule has 0 spiro atoms. The molecule has 0 aromatic rings. The predicted octanol–water partition coefficient (Wildman–Crippen LogP) is 1.85. The summed E-state index contributed by atoms with van der Waals surface area (Å²) in [5.74, 6) is -3.38. The number of aliphatic hydroxyl groups is 2. The van der Waals surface area contributed by atoms with Crippen LogP contribution >= 0.6 is 23.2 Å². The molecule has 0 radical (unpaired) electrons. The van der Waals surface area contributed by atoms with Gasteiger partial charge in [0.1, 0.15) is 16.5 Å². The lowest BCUT2D eigenvalue weighted by molar-refractivity contribution is 0.219. The quantitative estimate of drug-likeness (QED) is 0.729. The third-order valence-corrected chi connectivity index (χ3v) is 3.02. The SMILES string of the molecule is OCC1C(F)=CC(Cl)(CO)C(Cl)=C1F. The zero-order valence-electron chi connectivity index (χ0n) is 6.98. The fourth-order valence-corrected chi connectivity index (χ4v) is 1.58. The fourth-order valence-electron chi connectivity index (χ4n) is 1.14. The highest BCUT2D eigenvalue weighted by Gasteiger charge is 2.40. The van der Waals surface area contributed by atoms with Crippen molar-refractivity contribution in [2.75, 3.05) is 13.2 Å². The van der Waals surface area contributed by atoms with Crippen LogP contribution in [0.2, 0.25) is 0 Å². The van der Waals surface area contributed by atoms with Crippen molar-refractivity contribution in [1.29, 1.82) is 0 Å². The van der Waals surface area contributed by atoms with Crippen LogP contribution in [0.15, 0.2) is 22.8 Å². The first kappa shape index (κ1) is 11.9. The second-order valence-electron chi connectivity index (χ2n) is 2.95. The van der Waals surface area contributed by atoms with Crippen molar-refractivity contribution in [3.8, 4) is 0 Å². The lowest BCUT2D eigenvalue weighted by Gasteiger charge is -2.27. The molecule has 0 bridgehead atoms. The van der Waals surface area contributed by atoms with Gasteiger partial charge in [-0.15, -0.1) is 11.6 Å². The summed E-state index contributed by atoms with van der Waals surface area (Å²) in [4.78, 5) is -1.75. The maximum Gasteiger partial charge on any atom is 0.129 e. The van der Waals surface area contributed by atoms with Gasteiger partial charge < -0.3 is 10.2 Å². The normalized spacial score (nSPS) is 33.3. The molecule has 0 aromatic heterocycles. The molecule has 0 aromatic carbocycles. The summed E-state index contributed by atoms with van der Waals surface area (Å²) in [6.07, 6.45) is 0.806. The van der Waals surface area contributed by atoms with Crippen molar-refractivity contribution in [3.63, 3.8) is 0 Å². The van der Waals surface area contributed by atoms with Crippen LogP contribution in [-0.2, 0) is 0 Å². The van der Waals surface area contributed by atoms with Gasteiger partial charge >= 0.3 is 0 Å². The van der Waals surface area contributed by atoms with Gasteiger partial charge in [-0.2, -0.15) is 0 Å². The minimum absolute atomic E-state index is 0.484. The van der Waals surface area contributed by atoms with Gasteiger partial charge in [-0.1, -0.05) is 11.6 Å². The molecule has 0 amide bonds. The molecule has 1 aliphatic carbocycles. The van der Waals surface area contributed by atoms with Gasteiger partial charge in [0.2, 0.25) is 0 Å². The Morgan fingerprint density at radius 3 is 2.43 bits per heavy atom. The first-order valence-electron chi connectivity index (χ1n) is 3.80. The van der Waals surface area contributed by atoms with Crippen LogP contribution in [0.25, 0.3) is 0 Å². The maximum atomic E-state index is 13.3. The Morgan fingerprint density at radius 1 is 1.43 bits per heavy atom. The van der Waals surface area contributed by atoms with E-state index in [2.05, 4.69) is 0 Å². The zero-order valence-corrected chi connectivity index (χ0v) is 8.49. The van der Waals surface area contributed by atoms with E-state index in [1.165, 1.54) is 0 Å². The number of hydrogen-bond acceptors (Lipinski definition) is 2. The van der Waals surface area contributed by atoms with Crippen LogP contribution in [0.3, 0.4) is 0 Å². The third kappa shape index (κ3) is 1.80. The Morgan fingerprint density at radius 2 is 2.00 bits per heavy atom. The van der Waals surface area contributed by atoms with E-state index < -0.39 is 40.7 Å². The maximum absolute atomic E-state index is 13.3. The van der Waals surface area contributed by atoms with Crippen LogP contribution in [0.4, 0.5) is 8.78 Å². The summed E-state index contributed by atoms with van der Waals surface area (Å²) in [6.45, 7) is -1.45. The molecular weight excluding hydrogens is 237 g/mol. The van der Waals surface area contributed by atoms with Crippen molar-refractivity contribution >= 4 is 23.2 Å². The Hall–Kier alpha value is -0.160. The van der Waals surface area contributed by atoms with Gasteiger partial charge in [0.15, 0.2) is 0 Å². The van der Waals surface area contributed by atoms with Gasteiger partial charge in [0.25, 0.3) is 0 Å². The molecule has 2 atom stereocenters. The summed E-state index contributed by atoms with van der Waals surface area (Å²) in [7, 11) is 0. The Bertz CT molecular complexity index is 304. The Balaban J connectivity index is 3.15. The van der Waals surface area contributed by atoms with E-state index in [9.17, 15) is 8.78 Å².